The first kappa shape index (κ1) is 14.5. The zero-order chi connectivity index (χ0) is 14.9. The second-order valence-electron chi connectivity index (χ2n) is 4.45. The number of halogens is 2. The highest BCUT2D eigenvalue weighted by Gasteiger charge is 2.39. The number of carbonyl (C=O) groups excluding carboxylic acids is 1. The van der Waals surface area contributed by atoms with E-state index in [0.29, 0.717) is 0 Å². The van der Waals surface area contributed by atoms with Gasteiger partial charge in [0.1, 0.15) is 11.9 Å². The number of aliphatic carboxylic acids is 1. The van der Waals surface area contributed by atoms with Gasteiger partial charge in [-0.15, -0.1) is 0 Å². The zero-order valence-corrected chi connectivity index (χ0v) is 11.0. The number of likely N-dealkylation sites (tertiary alicyclic amines) is 1. The highest BCUT2D eigenvalue weighted by atomic mass is 35.5. The molecule has 3 N–H and O–H groups in total. The number of hydrogen-bond donors (Lipinski definition) is 3. The van der Waals surface area contributed by atoms with E-state index < -0.39 is 30.0 Å². The Bertz CT molecular complexity index is 554. The maximum Gasteiger partial charge on any atom is 0.326 e. The first-order valence-electron chi connectivity index (χ1n) is 5.82. The number of nitrogens with zero attached hydrogens (tertiary/aromatic N) is 1. The van der Waals surface area contributed by atoms with E-state index in [2.05, 4.69) is 5.32 Å². The van der Waals surface area contributed by atoms with Gasteiger partial charge < -0.3 is 20.4 Å². The average molecular weight is 303 g/mol. The number of rotatable bonds is 2. The van der Waals surface area contributed by atoms with Crippen molar-refractivity contribution in [2.75, 3.05) is 11.9 Å². The Labute approximate surface area is 118 Å². The number of benzene rings is 1. The van der Waals surface area contributed by atoms with Crippen LogP contribution in [0.4, 0.5) is 14.9 Å². The van der Waals surface area contributed by atoms with Crippen LogP contribution in [0.1, 0.15) is 6.42 Å². The molecule has 2 atom stereocenters. The molecule has 1 aromatic carbocycles. The Kier molecular flexibility index (Phi) is 4.10. The summed E-state index contributed by atoms with van der Waals surface area (Å²) in [6.45, 7) is -0.0817. The van der Waals surface area contributed by atoms with Crippen molar-refractivity contribution in [1.82, 2.24) is 4.90 Å². The molecular formula is C12H12ClFN2O4. The highest BCUT2D eigenvalue weighted by Crippen LogP contribution is 2.24. The first-order valence-corrected chi connectivity index (χ1v) is 6.20. The van der Waals surface area contributed by atoms with Gasteiger partial charge in [0.15, 0.2) is 0 Å². The van der Waals surface area contributed by atoms with Crippen LogP contribution in [0.15, 0.2) is 18.2 Å². The molecule has 0 radical (unpaired) electrons. The van der Waals surface area contributed by atoms with Crippen molar-refractivity contribution in [3.05, 3.63) is 29.0 Å². The van der Waals surface area contributed by atoms with Crippen molar-refractivity contribution in [3.63, 3.8) is 0 Å². The van der Waals surface area contributed by atoms with Crippen molar-refractivity contribution in [1.29, 1.82) is 0 Å². The third-order valence-corrected chi connectivity index (χ3v) is 3.31. The van der Waals surface area contributed by atoms with Crippen LogP contribution in [-0.2, 0) is 4.79 Å². The maximum atomic E-state index is 12.9. The van der Waals surface area contributed by atoms with Crippen LogP contribution in [0.5, 0.6) is 0 Å². The molecule has 0 aliphatic carbocycles. The number of β-amino-alcohol motifs (C(OH)–C–C–N with tert-alkyl or cyclic N) is 1. The number of aliphatic hydroxyl groups is 1. The molecule has 0 aromatic heterocycles. The SMILES string of the molecule is O=C(O)[C@H]1C[C@@H](O)CN1C(=O)Nc1ccc(F)cc1Cl. The van der Waals surface area contributed by atoms with Crippen LogP contribution >= 0.6 is 11.6 Å². The standard InChI is InChI=1S/C12H12ClFN2O4/c13-8-3-6(14)1-2-9(8)15-12(20)16-5-7(17)4-10(16)11(18)19/h1-3,7,10,17H,4-5H2,(H,15,20)(H,18,19)/t7-,10-/m1/s1. The van der Waals surface area contributed by atoms with Gasteiger partial charge in [0.2, 0.25) is 0 Å². The molecule has 1 aliphatic rings. The number of carbonyl (C=O) groups is 2. The summed E-state index contributed by atoms with van der Waals surface area (Å²) in [5.41, 5.74) is 0.170. The lowest BCUT2D eigenvalue weighted by atomic mass is 10.2. The number of hydrogen-bond acceptors (Lipinski definition) is 3. The van der Waals surface area contributed by atoms with Gasteiger partial charge in [-0.2, -0.15) is 0 Å². The van der Waals surface area contributed by atoms with Crippen molar-refractivity contribution < 1.29 is 24.2 Å². The predicted octanol–water partition coefficient (Wildman–Crippen LogP) is 1.53. The fourth-order valence-corrected chi connectivity index (χ4v) is 2.26. The van der Waals surface area contributed by atoms with Crippen LogP contribution in [0, 0.1) is 5.82 Å². The van der Waals surface area contributed by atoms with E-state index in [9.17, 15) is 19.1 Å². The number of urea groups is 1. The average Bonchev–Trinajstić information content (AvgIpc) is 2.75. The summed E-state index contributed by atoms with van der Waals surface area (Å²) in [5, 5.41) is 20.9. The molecule has 0 saturated carbocycles. The Balaban J connectivity index is 2.13. The van der Waals surface area contributed by atoms with E-state index >= 15 is 0 Å². The van der Waals surface area contributed by atoms with Crippen LogP contribution in [0.3, 0.4) is 0 Å². The molecule has 1 saturated heterocycles. The molecule has 1 aromatic rings. The van der Waals surface area contributed by atoms with Crippen LogP contribution < -0.4 is 5.32 Å². The molecule has 1 fully saturated rings. The molecule has 108 valence electrons. The largest absolute Gasteiger partial charge is 0.480 e. The van der Waals surface area contributed by atoms with E-state index in [0.717, 1.165) is 17.0 Å². The number of anilines is 1. The third-order valence-electron chi connectivity index (χ3n) is 3.00. The molecule has 1 heterocycles. The van der Waals surface area contributed by atoms with Gasteiger partial charge >= 0.3 is 12.0 Å². The van der Waals surface area contributed by atoms with Gasteiger partial charge in [-0.05, 0) is 18.2 Å². The normalized spacial score (nSPS) is 21.9. The summed E-state index contributed by atoms with van der Waals surface area (Å²) in [6, 6.07) is 1.63. The van der Waals surface area contributed by atoms with E-state index in [1.54, 1.807) is 0 Å². The van der Waals surface area contributed by atoms with Crippen LogP contribution in [0.2, 0.25) is 5.02 Å². The quantitative estimate of drug-likeness (QED) is 0.773. The first-order chi connectivity index (χ1) is 9.38. The molecule has 2 amide bonds. The van der Waals surface area contributed by atoms with Gasteiger partial charge in [-0.25, -0.2) is 14.0 Å². The Hall–Kier alpha value is -1.86. The van der Waals surface area contributed by atoms with Gasteiger partial charge in [-0.1, -0.05) is 11.6 Å². The van der Waals surface area contributed by atoms with Crippen molar-refractivity contribution in [3.8, 4) is 0 Å². The predicted molar refractivity (Wildman–Crippen MR) is 69.2 cm³/mol. The fourth-order valence-electron chi connectivity index (χ4n) is 2.05. The molecule has 6 nitrogen and oxygen atoms in total. The Morgan fingerprint density at radius 3 is 2.75 bits per heavy atom. The van der Waals surface area contributed by atoms with Gasteiger partial charge in [0.05, 0.1) is 16.8 Å². The molecule has 0 spiro atoms. The molecule has 20 heavy (non-hydrogen) atoms. The number of amides is 2. The molecule has 1 aliphatic heterocycles. The number of aliphatic hydroxyl groups excluding tert-OH is 1. The molecular weight excluding hydrogens is 291 g/mol. The molecule has 0 unspecified atom stereocenters. The maximum absolute atomic E-state index is 12.9. The van der Waals surface area contributed by atoms with E-state index in [1.807, 2.05) is 0 Å². The lowest BCUT2D eigenvalue weighted by Gasteiger charge is -2.21. The summed E-state index contributed by atoms with van der Waals surface area (Å²) in [6.07, 6.45) is -0.912. The van der Waals surface area contributed by atoms with Crippen molar-refractivity contribution in [2.45, 2.75) is 18.6 Å². The second kappa shape index (κ2) is 5.64. The minimum absolute atomic E-state index is 0.00460. The number of carboxylic acid groups (broad SMARTS) is 1. The summed E-state index contributed by atoms with van der Waals surface area (Å²) in [7, 11) is 0. The molecule has 2 rings (SSSR count). The van der Waals surface area contributed by atoms with Crippen LogP contribution in [-0.4, -0.2) is 45.8 Å². The summed E-state index contributed by atoms with van der Waals surface area (Å²) in [5.74, 6) is -1.74. The van der Waals surface area contributed by atoms with E-state index in [-0.39, 0.29) is 23.7 Å². The fraction of sp³-hybridized carbons (Fsp3) is 0.333. The van der Waals surface area contributed by atoms with E-state index in [1.165, 1.54) is 6.07 Å². The molecule has 8 heteroatoms. The lowest BCUT2D eigenvalue weighted by molar-refractivity contribution is -0.141. The summed E-state index contributed by atoms with van der Waals surface area (Å²) in [4.78, 5) is 24.0. The smallest absolute Gasteiger partial charge is 0.326 e. The highest BCUT2D eigenvalue weighted by molar-refractivity contribution is 6.33. The number of carboxylic acids is 1. The minimum atomic E-state index is -1.19. The van der Waals surface area contributed by atoms with Crippen molar-refractivity contribution in [2.24, 2.45) is 0 Å². The lowest BCUT2D eigenvalue weighted by Crippen LogP contribution is -2.43. The van der Waals surface area contributed by atoms with Gasteiger partial charge in [-0.3, -0.25) is 0 Å². The summed E-state index contributed by atoms with van der Waals surface area (Å²) < 4.78 is 12.9. The molecule has 0 bridgehead atoms. The summed E-state index contributed by atoms with van der Waals surface area (Å²) >= 11 is 5.77. The van der Waals surface area contributed by atoms with Crippen molar-refractivity contribution >= 4 is 29.3 Å². The van der Waals surface area contributed by atoms with Gasteiger partial charge in [0, 0.05) is 13.0 Å². The third kappa shape index (κ3) is 3.00. The van der Waals surface area contributed by atoms with E-state index in [4.69, 9.17) is 16.7 Å². The van der Waals surface area contributed by atoms with Gasteiger partial charge in [0.25, 0.3) is 0 Å². The van der Waals surface area contributed by atoms with Crippen LogP contribution in [0.25, 0.3) is 0 Å². The monoisotopic (exact) mass is 302 g/mol. The minimum Gasteiger partial charge on any atom is -0.480 e. The zero-order valence-electron chi connectivity index (χ0n) is 10.2. The Morgan fingerprint density at radius 1 is 1.45 bits per heavy atom. The second-order valence-corrected chi connectivity index (χ2v) is 4.86. The topological polar surface area (TPSA) is 89.9 Å². The number of nitrogens with one attached hydrogen (secondary N) is 1. The Morgan fingerprint density at radius 2 is 2.15 bits per heavy atom.